The van der Waals surface area contributed by atoms with Crippen LogP contribution in [0, 0.1) is 11.8 Å². The molecule has 27 heavy (non-hydrogen) atoms. The first-order chi connectivity index (χ1) is 13.1. The second kappa shape index (κ2) is 8.35. The van der Waals surface area contributed by atoms with Crippen LogP contribution in [0.3, 0.4) is 0 Å². The zero-order valence-electron chi connectivity index (χ0n) is 14.6. The maximum Gasteiger partial charge on any atom is 0.307 e. The number of furan rings is 1. The lowest BCUT2D eigenvalue weighted by Crippen LogP contribution is -2.35. The molecule has 0 spiro atoms. The predicted octanol–water partition coefficient (Wildman–Crippen LogP) is 2.82. The number of nitrogens with one attached hydrogen (secondary N) is 2. The minimum Gasteiger partial charge on any atom is -0.481 e. The number of allylic oxidation sites excluding steroid dienone is 2. The van der Waals surface area contributed by atoms with Crippen LogP contribution in [-0.2, 0) is 16.1 Å². The molecule has 3 N–H and O–H groups in total. The van der Waals surface area contributed by atoms with Gasteiger partial charge < -0.3 is 20.2 Å². The standard InChI is InChI=1S/C20H20N2O5/c23-18(21-12-13-6-5-11-27-13)16-9-3-4-10-17(16)22-19(24)14-7-1-2-8-15(14)20(25)26/h1-6,9-11,14-15H,7-8,12H2,(H,21,23)(H,22,24)(H,25,26)/t14-,15+/m0/s1. The highest BCUT2D eigenvalue weighted by Crippen LogP contribution is 2.28. The highest BCUT2D eigenvalue weighted by Gasteiger charge is 2.34. The molecule has 1 aromatic carbocycles. The molecule has 140 valence electrons. The number of anilines is 1. The van der Waals surface area contributed by atoms with E-state index < -0.39 is 23.7 Å². The first kappa shape index (κ1) is 18.4. The molecule has 1 heterocycles. The van der Waals surface area contributed by atoms with Gasteiger partial charge in [0.1, 0.15) is 5.76 Å². The Balaban J connectivity index is 1.71. The summed E-state index contributed by atoms with van der Waals surface area (Å²) in [7, 11) is 0. The van der Waals surface area contributed by atoms with Gasteiger partial charge in [0.2, 0.25) is 5.91 Å². The van der Waals surface area contributed by atoms with Gasteiger partial charge in [-0.15, -0.1) is 0 Å². The molecule has 1 aliphatic rings. The van der Waals surface area contributed by atoms with E-state index in [-0.39, 0.29) is 12.5 Å². The maximum atomic E-state index is 12.6. The summed E-state index contributed by atoms with van der Waals surface area (Å²) in [6.45, 7) is 0.225. The Morgan fingerprint density at radius 2 is 1.78 bits per heavy atom. The largest absolute Gasteiger partial charge is 0.481 e. The fourth-order valence-corrected chi connectivity index (χ4v) is 3.07. The zero-order valence-corrected chi connectivity index (χ0v) is 14.6. The van der Waals surface area contributed by atoms with E-state index in [1.54, 1.807) is 42.5 Å². The van der Waals surface area contributed by atoms with E-state index in [0.29, 0.717) is 29.9 Å². The van der Waals surface area contributed by atoms with Gasteiger partial charge in [-0.3, -0.25) is 14.4 Å². The summed E-state index contributed by atoms with van der Waals surface area (Å²) in [6.07, 6.45) is 5.78. The van der Waals surface area contributed by atoms with E-state index in [0.717, 1.165) is 0 Å². The molecule has 3 rings (SSSR count). The van der Waals surface area contributed by atoms with Gasteiger partial charge in [-0.1, -0.05) is 24.3 Å². The highest BCUT2D eigenvalue weighted by molar-refractivity contribution is 6.04. The monoisotopic (exact) mass is 368 g/mol. The Kier molecular flexibility index (Phi) is 5.71. The topological polar surface area (TPSA) is 109 Å². The third-order valence-electron chi connectivity index (χ3n) is 4.52. The molecular formula is C20H20N2O5. The molecule has 0 fully saturated rings. The van der Waals surface area contributed by atoms with Crippen molar-refractivity contribution in [1.82, 2.24) is 5.32 Å². The normalized spacial score (nSPS) is 18.7. The Hall–Kier alpha value is -3.35. The Labute approximate surface area is 156 Å². The van der Waals surface area contributed by atoms with E-state index in [9.17, 15) is 19.5 Å². The molecule has 0 saturated heterocycles. The lowest BCUT2D eigenvalue weighted by molar-refractivity contribution is -0.146. The van der Waals surface area contributed by atoms with Crippen LogP contribution < -0.4 is 10.6 Å². The van der Waals surface area contributed by atoms with Gasteiger partial charge in [0.05, 0.1) is 35.9 Å². The molecule has 1 aromatic heterocycles. The van der Waals surface area contributed by atoms with Crippen molar-refractivity contribution in [3.05, 3.63) is 66.1 Å². The van der Waals surface area contributed by atoms with Crippen LogP contribution in [0.25, 0.3) is 0 Å². The first-order valence-corrected chi connectivity index (χ1v) is 8.64. The zero-order chi connectivity index (χ0) is 19.2. The lowest BCUT2D eigenvalue weighted by atomic mass is 9.82. The molecule has 0 radical (unpaired) electrons. The minimum absolute atomic E-state index is 0.225. The van der Waals surface area contributed by atoms with Crippen molar-refractivity contribution in [3.63, 3.8) is 0 Å². The van der Waals surface area contributed by atoms with Crippen LogP contribution in [0.1, 0.15) is 29.0 Å². The van der Waals surface area contributed by atoms with Crippen molar-refractivity contribution in [3.8, 4) is 0 Å². The molecule has 7 heteroatoms. The molecule has 0 bridgehead atoms. The molecule has 0 unspecified atom stereocenters. The average Bonchev–Trinajstić information content (AvgIpc) is 3.20. The smallest absolute Gasteiger partial charge is 0.307 e. The van der Waals surface area contributed by atoms with Gasteiger partial charge in [-0.2, -0.15) is 0 Å². The second-order valence-corrected chi connectivity index (χ2v) is 6.29. The summed E-state index contributed by atoms with van der Waals surface area (Å²) < 4.78 is 5.18. The second-order valence-electron chi connectivity index (χ2n) is 6.29. The number of hydrogen-bond donors (Lipinski definition) is 3. The fourth-order valence-electron chi connectivity index (χ4n) is 3.07. The minimum atomic E-state index is -0.996. The van der Waals surface area contributed by atoms with Crippen molar-refractivity contribution >= 4 is 23.5 Å². The van der Waals surface area contributed by atoms with Crippen molar-refractivity contribution < 1.29 is 23.9 Å². The number of carbonyl (C=O) groups is 3. The number of carboxylic acid groups (broad SMARTS) is 1. The molecule has 7 nitrogen and oxygen atoms in total. The van der Waals surface area contributed by atoms with Gasteiger partial charge in [-0.05, 0) is 37.1 Å². The van der Waals surface area contributed by atoms with Gasteiger partial charge in [0, 0.05) is 0 Å². The summed E-state index contributed by atoms with van der Waals surface area (Å²) >= 11 is 0. The van der Waals surface area contributed by atoms with Crippen LogP contribution in [0.5, 0.6) is 0 Å². The molecular weight excluding hydrogens is 348 g/mol. The lowest BCUT2D eigenvalue weighted by Gasteiger charge is -2.24. The quantitative estimate of drug-likeness (QED) is 0.680. The number of carboxylic acids is 1. The van der Waals surface area contributed by atoms with E-state index in [4.69, 9.17) is 4.42 Å². The van der Waals surface area contributed by atoms with Crippen LogP contribution in [0.15, 0.2) is 59.2 Å². The van der Waals surface area contributed by atoms with Crippen molar-refractivity contribution in [1.29, 1.82) is 0 Å². The van der Waals surface area contributed by atoms with Gasteiger partial charge in [0.25, 0.3) is 5.91 Å². The first-order valence-electron chi connectivity index (χ1n) is 8.64. The number of aliphatic carboxylic acids is 1. The fraction of sp³-hybridized carbons (Fsp3) is 0.250. The predicted molar refractivity (Wildman–Crippen MR) is 97.9 cm³/mol. The Morgan fingerprint density at radius 1 is 1.04 bits per heavy atom. The summed E-state index contributed by atoms with van der Waals surface area (Å²) in [5, 5.41) is 14.8. The highest BCUT2D eigenvalue weighted by atomic mass is 16.4. The van der Waals surface area contributed by atoms with Crippen LogP contribution in [0.4, 0.5) is 5.69 Å². The van der Waals surface area contributed by atoms with Gasteiger partial charge in [-0.25, -0.2) is 0 Å². The van der Waals surface area contributed by atoms with Crippen LogP contribution >= 0.6 is 0 Å². The third-order valence-corrected chi connectivity index (χ3v) is 4.52. The van der Waals surface area contributed by atoms with Crippen molar-refractivity contribution in [2.24, 2.45) is 11.8 Å². The third kappa shape index (κ3) is 4.44. The summed E-state index contributed by atoms with van der Waals surface area (Å²) in [4.78, 5) is 36.5. The van der Waals surface area contributed by atoms with E-state index in [1.807, 2.05) is 6.08 Å². The molecule has 2 aromatic rings. The average molecular weight is 368 g/mol. The van der Waals surface area contributed by atoms with E-state index in [1.165, 1.54) is 6.26 Å². The number of amides is 2. The molecule has 1 aliphatic carbocycles. The summed E-state index contributed by atoms with van der Waals surface area (Å²) in [5.74, 6) is -2.59. The number of para-hydroxylation sites is 1. The molecule has 0 aliphatic heterocycles. The van der Waals surface area contributed by atoms with Gasteiger partial charge >= 0.3 is 5.97 Å². The Bertz CT molecular complexity index is 857. The van der Waals surface area contributed by atoms with E-state index in [2.05, 4.69) is 10.6 Å². The number of hydrogen-bond acceptors (Lipinski definition) is 4. The molecule has 0 saturated carbocycles. The van der Waals surface area contributed by atoms with Crippen LogP contribution in [-0.4, -0.2) is 22.9 Å². The van der Waals surface area contributed by atoms with Crippen molar-refractivity contribution in [2.45, 2.75) is 19.4 Å². The SMILES string of the molecule is O=C(NCc1ccco1)c1ccccc1NC(=O)[C@H]1CC=CC[C@H]1C(=O)O. The summed E-state index contributed by atoms with van der Waals surface area (Å²) in [6, 6.07) is 10.1. The van der Waals surface area contributed by atoms with Crippen LogP contribution in [0.2, 0.25) is 0 Å². The maximum absolute atomic E-state index is 12.6. The van der Waals surface area contributed by atoms with Gasteiger partial charge in [0.15, 0.2) is 0 Å². The summed E-state index contributed by atoms with van der Waals surface area (Å²) in [5.41, 5.74) is 0.647. The molecule has 2 atom stereocenters. The Morgan fingerprint density at radius 3 is 2.48 bits per heavy atom. The van der Waals surface area contributed by atoms with E-state index >= 15 is 0 Å². The number of carbonyl (C=O) groups excluding carboxylic acids is 2. The number of benzene rings is 1. The molecule has 2 amide bonds. The number of rotatable bonds is 6. The van der Waals surface area contributed by atoms with Crippen molar-refractivity contribution in [2.75, 3.05) is 5.32 Å².